The van der Waals surface area contributed by atoms with Crippen molar-refractivity contribution < 1.29 is 14.3 Å². The minimum absolute atomic E-state index is 0.106. The molecule has 5 nitrogen and oxygen atoms in total. The summed E-state index contributed by atoms with van der Waals surface area (Å²) in [6.45, 7) is 0.917. The van der Waals surface area contributed by atoms with E-state index in [0.717, 1.165) is 17.3 Å². The van der Waals surface area contributed by atoms with Crippen LogP contribution in [0.25, 0.3) is 0 Å². The van der Waals surface area contributed by atoms with Crippen molar-refractivity contribution >= 4 is 22.4 Å². The SMILES string of the molecule is Nc1nc(C2(c3ccccc3)CCN(C(=O)c3cc(O)ccc3F)CC2)cs1. The van der Waals surface area contributed by atoms with Gasteiger partial charge in [0.15, 0.2) is 5.13 Å². The molecule has 1 saturated heterocycles. The topological polar surface area (TPSA) is 79.5 Å². The molecule has 3 N–H and O–H groups in total. The second-order valence-corrected chi connectivity index (χ2v) is 7.87. The van der Waals surface area contributed by atoms with Crippen LogP contribution in [0, 0.1) is 5.82 Å². The van der Waals surface area contributed by atoms with Gasteiger partial charge in [-0.15, -0.1) is 11.3 Å². The van der Waals surface area contributed by atoms with Crippen molar-refractivity contribution in [3.05, 3.63) is 76.5 Å². The number of carbonyl (C=O) groups excluding carboxylic acids is 1. The zero-order valence-corrected chi connectivity index (χ0v) is 16.0. The zero-order valence-electron chi connectivity index (χ0n) is 15.1. The van der Waals surface area contributed by atoms with Crippen LogP contribution < -0.4 is 5.73 Å². The third kappa shape index (κ3) is 3.22. The minimum atomic E-state index is -0.630. The summed E-state index contributed by atoms with van der Waals surface area (Å²) in [5, 5.41) is 12.1. The number of rotatable bonds is 3. The number of thiazole rings is 1. The summed E-state index contributed by atoms with van der Waals surface area (Å²) in [5.74, 6) is -1.17. The first-order valence-electron chi connectivity index (χ1n) is 9.04. The Kier molecular flexibility index (Phi) is 4.77. The zero-order chi connectivity index (χ0) is 19.7. The molecule has 2 heterocycles. The lowest BCUT2D eigenvalue weighted by atomic mass is 9.70. The van der Waals surface area contributed by atoms with E-state index in [-0.39, 0.29) is 16.7 Å². The monoisotopic (exact) mass is 397 g/mol. The number of hydrogen-bond acceptors (Lipinski definition) is 5. The number of nitrogens with two attached hydrogens (primary N) is 1. The van der Waals surface area contributed by atoms with Crippen LogP contribution in [0.5, 0.6) is 5.75 Å². The minimum Gasteiger partial charge on any atom is -0.508 e. The number of phenolic OH excluding ortho intramolecular Hbond substituents is 1. The van der Waals surface area contributed by atoms with Crippen molar-refractivity contribution in [3.63, 3.8) is 0 Å². The number of piperidine rings is 1. The number of benzene rings is 2. The number of likely N-dealkylation sites (tertiary alicyclic amines) is 1. The predicted octanol–water partition coefficient (Wildman–Crippen LogP) is 3.79. The lowest BCUT2D eigenvalue weighted by Gasteiger charge is -2.41. The van der Waals surface area contributed by atoms with Gasteiger partial charge >= 0.3 is 0 Å². The summed E-state index contributed by atoms with van der Waals surface area (Å²) >= 11 is 1.41. The average Bonchev–Trinajstić information content (AvgIpc) is 3.17. The summed E-state index contributed by atoms with van der Waals surface area (Å²) in [6, 6.07) is 13.6. The Hall–Kier alpha value is -2.93. The van der Waals surface area contributed by atoms with Crippen molar-refractivity contribution in [2.45, 2.75) is 18.3 Å². The Morgan fingerprint density at radius 1 is 1.18 bits per heavy atom. The number of nitrogen functional groups attached to an aromatic ring is 1. The largest absolute Gasteiger partial charge is 0.508 e. The van der Waals surface area contributed by atoms with Crippen LogP contribution in [0.1, 0.15) is 34.5 Å². The molecule has 0 saturated carbocycles. The fourth-order valence-electron chi connectivity index (χ4n) is 3.90. The van der Waals surface area contributed by atoms with Crippen molar-refractivity contribution in [1.82, 2.24) is 9.88 Å². The summed E-state index contributed by atoms with van der Waals surface area (Å²) < 4.78 is 14.1. The third-order valence-electron chi connectivity index (χ3n) is 5.42. The lowest BCUT2D eigenvalue weighted by molar-refractivity contribution is 0.0679. The van der Waals surface area contributed by atoms with Gasteiger partial charge in [-0.3, -0.25) is 4.79 Å². The molecule has 0 unspecified atom stereocenters. The molecule has 28 heavy (non-hydrogen) atoms. The fourth-order valence-corrected chi connectivity index (χ4v) is 4.56. The summed E-state index contributed by atoms with van der Waals surface area (Å²) in [6.07, 6.45) is 1.32. The van der Waals surface area contributed by atoms with Crippen LogP contribution in [-0.4, -0.2) is 34.0 Å². The second kappa shape index (κ2) is 7.24. The molecule has 4 rings (SSSR count). The van der Waals surface area contributed by atoms with Crippen LogP contribution in [0.15, 0.2) is 53.9 Å². The molecule has 2 aromatic carbocycles. The number of anilines is 1. The lowest BCUT2D eigenvalue weighted by Crippen LogP contribution is -2.46. The van der Waals surface area contributed by atoms with E-state index in [9.17, 15) is 14.3 Å². The molecule has 0 bridgehead atoms. The molecule has 1 fully saturated rings. The highest BCUT2D eigenvalue weighted by atomic mass is 32.1. The van der Waals surface area contributed by atoms with E-state index < -0.39 is 11.7 Å². The van der Waals surface area contributed by atoms with Gasteiger partial charge in [0.1, 0.15) is 11.6 Å². The molecule has 1 aliphatic rings. The second-order valence-electron chi connectivity index (χ2n) is 6.98. The number of amides is 1. The first kappa shape index (κ1) is 18.4. The first-order chi connectivity index (χ1) is 13.5. The van der Waals surface area contributed by atoms with Gasteiger partial charge in [-0.2, -0.15) is 0 Å². The smallest absolute Gasteiger partial charge is 0.256 e. The highest BCUT2D eigenvalue weighted by Gasteiger charge is 2.41. The molecule has 7 heteroatoms. The molecule has 0 radical (unpaired) electrons. The van der Waals surface area contributed by atoms with Crippen LogP contribution in [0.2, 0.25) is 0 Å². The number of nitrogens with zero attached hydrogens (tertiary/aromatic N) is 2. The maximum absolute atomic E-state index is 14.1. The summed E-state index contributed by atoms with van der Waals surface area (Å²) in [4.78, 5) is 19.0. The van der Waals surface area contributed by atoms with E-state index in [2.05, 4.69) is 17.1 Å². The Labute approximate surface area is 166 Å². The van der Waals surface area contributed by atoms with E-state index in [1.54, 1.807) is 4.90 Å². The van der Waals surface area contributed by atoms with Crippen molar-refractivity contribution in [3.8, 4) is 5.75 Å². The normalized spacial score (nSPS) is 16.1. The first-order valence-corrected chi connectivity index (χ1v) is 9.92. The molecule has 3 aromatic rings. The Bertz CT molecular complexity index is 998. The number of carbonyl (C=O) groups is 1. The van der Waals surface area contributed by atoms with E-state index in [1.807, 2.05) is 23.6 Å². The molecule has 1 aromatic heterocycles. The maximum Gasteiger partial charge on any atom is 0.256 e. The highest BCUT2D eigenvalue weighted by molar-refractivity contribution is 7.13. The molecule has 0 atom stereocenters. The molecule has 0 aliphatic carbocycles. The van der Waals surface area contributed by atoms with Crippen molar-refractivity contribution in [2.75, 3.05) is 18.8 Å². The molecule has 1 aliphatic heterocycles. The Morgan fingerprint density at radius 3 is 2.54 bits per heavy atom. The van der Waals surface area contributed by atoms with Gasteiger partial charge in [-0.1, -0.05) is 30.3 Å². The summed E-state index contributed by atoms with van der Waals surface area (Å²) in [7, 11) is 0. The highest BCUT2D eigenvalue weighted by Crippen LogP contribution is 2.42. The van der Waals surface area contributed by atoms with E-state index in [1.165, 1.54) is 23.5 Å². The van der Waals surface area contributed by atoms with Crippen LogP contribution >= 0.6 is 11.3 Å². The van der Waals surface area contributed by atoms with Crippen LogP contribution in [-0.2, 0) is 5.41 Å². The van der Waals surface area contributed by atoms with Gasteiger partial charge in [0, 0.05) is 23.9 Å². The molecule has 1 amide bonds. The maximum atomic E-state index is 14.1. The molecule has 144 valence electrons. The van der Waals surface area contributed by atoms with Gasteiger partial charge in [0.25, 0.3) is 5.91 Å². The van der Waals surface area contributed by atoms with Gasteiger partial charge in [0.2, 0.25) is 0 Å². The predicted molar refractivity (Wildman–Crippen MR) is 107 cm³/mol. The molecular formula is C21H20FN3O2S. The Balaban J connectivity index is 1.62. The van der Waals surface area contributed by atoms with Gasteiger partial charge in [-0.25, -0.2) is 9.37 Å². The fraction of sp³-hybridized carbons (Fsp3) is 0.238. The van der Waals surface area contributed by atoms with E-state index in [4.69, 9.17) is 5.73 Å². The number of halogens is 1. The quantitative estimate of drug-likeness (QED) is 0.705. The summed E-state index contributed by atoms with van der Waals surface area (Å²) in [5.41, 5.74) is 7.49. The number of aromatic hydroxyl groups is 1. The van der Waals surface area contributed by atoms with Crippen molar-refractivity contribution in [1.29, 1.82) is 0 Å². The molecular weight excluding hydrogens is 377 g/mol. The number of hydrogen-bond donors (Lipinski definition) is 2. The number of phenols is 1. The van der Waals surface area contributed by atoms with Crippen LogP contribution in [0.4, 0.5) is 9.52 Å². The van der Waals surface area contributed by atoms with E-state index >= 15 is 0 Å². The van der Waals surface area contributed by atoms with Crippen molar-refractivity contribution in [2.24, 2.45) is 0 Å². The van der Waals surface area contributed by atoms with Gasteiger partial charge in [-0.05, 0) is 36.6 Å². The van der Waals surface area contributed by atoms with Crippen LogP contribution in [0.3, 0.4) is 0 Å². The van der Waals surface area contributed by atoms with Gasteiger partial charge < -0.3 is 15.7 Å². The van der Waals surface area contributed by atoms with Gasteiger partial charge in [0.05, 0.1) is 11.3 Å². The average molecular weight is 397 g/mol. The number of aromatic nitrogens is 1. The standard InChI is InChI=1S/C21H20FN3O2S/c22-17-7-6-15(26)12-16(17)19(27)25-10-8-21(9-11-25,14-4-2-1-3-5-14)18-13-28-20(23)24-18/h1-7,12-13,26H,8-11H2,(H2,23,24). The van der Waals surface area contributed by atoms with E-state index in [0.29, 0.717) is 31.1 Å². The third-order valence-corrected chi connectivity index (χ3v) is 6.10. The molecule has 0 spiro atoms. The Morgan fingerprint density at radius 2 is 1.89 bits per heavy atom.